The first-order valence-corrected chi connectivity index (χ1v) is 6.30. The number of aryl methyl sites for hydroxylation is 1. The quantitative estimate of drug-likeness (QED) is 0.823. The van der Waals surface area contributed by atoms with Gasteiger partial charge in [-0.05, 0) is 12.8 Å². The van der Waals surface area contributed by atoms with E-state index >= 15 is 0 Å². The van der Waals surface area contributed by atoms with E-state index in [9.17, 15) is 4.79 Å². The molecule has 0 radical (unpaired) electrons. The van der Waals surface area contributed by atoms with Crippen LogP contribution in [0, 0.1) is 5.92 Å². The second-order valence-corrected chi connectivity index (χ2v) is 4.58. The molecular weight excluding hydrogens is 232 g/mol. The van der Waals surface area contributed by atoms with E-state index in [2.05, 4.69) is 10.4 Å². The Morgan fingerprint density at radius 3 is 3.17 bits per heavy atom. The molecule has 18 heavy (non-hydrogen) atoms. The first-order valence-electron chi connectivity index (χ1n) is 6.30. The van der Waals surface area contributed by atoms with Crippen molar-refractivity contribution in [2.75, 3.05) is 11.9 Å². The zero-order valence-corrected chi connectivity index (χ0v) is 10.8. The zero-order valence-electron chi connectivity index (χ0n) is 10.8. The van der Waals surface area contributed by atoms with Crippen molar-refractivity contribution in [1.82, 2.24) is 9.78 Å². The lowest BCUT2D eigenvalue weighted by Crippen LogP contribution is -2.29. The molecule has 0 aromatic carbocycles. The van der Waals surface area contributed by atoms with Crippen LogP contribution in [0.1, 0.15) is 25.3 Å². The summed E-state index contributed by atoms with van der Waals surface area (Å²) in [4.78, 5) is 12.2. The van der Waals surface area contributed by atoms with Gasteiger partial charge in [-0.3, -0.25) is 9.48 Å². The van der Waals surface area contributed by atoms with Crippen molar-refractivity contribution in [2.45, 2.75) is 32.4 Å². The van der Waals surface area contributed by atoms with Crippen LogP contribution >= 0.6 is 0 Å². The minimum absolute atomic E-state index is 0.0206. The predicted octanol–water partition coefficient (Wildman–Crippen LogP) is 0.632. The average molecular weight is 252 g/mol. The van der Waals surface area contributed by atoms with E-state index in [1.165, 1.54) is 0 Å². The third kappa shape index (κ3) is 2.54. The Bertz CT molecular complexity index is 430. The fourth-order valence-electron chi connectivity index (χ4n) is 2.35. The Balaban J connectivity index is 2.06. The Morgan fingerprint density at radius 2 is 2.50 bits per heavy atom. The molecule has 2 heterocycles. The highest BCUT2D eigenvalue weighted by Crippen LogP contribution is 2.25. The summed E-state index contributed by atoms with van der Waals surface area (Å²) in [5.74, 6) is 0.460. The van der Waals surface area contributed by atoms with Crippen LogP contribution in [-0.4, -0.2) is 28.4 Å². The minimum Gasteiger partial charge on any atom is -0.377 e. The number of anilines is 1. The van der Waals surface area contributed by atoms with Gasteiger partial charge in [0.15, 0.2) is 5.82 Å². The Hall–Kier alpha value is -1.40. The maximum absolute atomic E-state index is 12.2. The fourth-order valence-corrected chi connectivity index (χ4v) is 2.35. The number of hydrogen-bond acceptors (Lipinski definition) is 4. The number of ether oxygens (including phenoxy) is 1. The summed E-state index contributed by atoms with van der Waals surface area (Å²) < 4.78 is 7.18. The Morgan fingerprint density at radius 1 is 1.72 bits per heavy atom. The summed E-state index contributed by atoms with van der Waals surface area (Å²) in [6, 6.07) is 0. The van der Waals surface area contributed by atoms with Crippen LogP contribution in [0.3, 0.4) is 0 Å². The number of nitrogens with two attached hydrogens (primary N) is 1. The summed E-state index contributed by atoms with van der Waals surface area (Å²) in [7, 11) is 1.81. The fraction of sp³-hybridized carbons (Fsp3) is 0.667. The highest BCUT2D eigenvalue weighted by atomic mass is 16.5. The molecule has 1 aliphatic rings. The molecule has 1 saturated heterocycles. The van der Waals surface area contributed by atoms with Gasteiger partial charge in [0.05, 0.1) is 12.0 Å². The van der Waals surface area contributed by atoms with Crippen molar-refractivity contribution in [3.63, 3.8) is 0 Å². The summed E-state index contributed by atoms with van der Waals surface area (Å²) in [6.45, 7) is 3.05. The largest absolute Gasteiger partial charge is 0.377 e. The standard InChI is InChI=1S/C12H20N4O2/c1-3-10-9(4-5-18-10)12(17)14-11-8(6-13)7-16(2)15-11/h7,9-10H,3-6,13H2,1-2H3,(H,14,15,17). The SMILES string of the molecule is CCC1OCCC1C(=O)Nc1nn(C)cc1CN. The monoisotopic (exact) mass is 252 g/mol. The van der Waals surface area contributed by atoms with Crippen LogP contribution in [0.25, 0.3) is 0 Å². The summed E-state index contributed by atoms with van der Waals surface area (Å²) >= 11 is 0. The van der Waals surface area contributed by atoms with E-state index in [0.717, 1.165) is 18.4 Å². The number of aromatic nitrogens is 2. The van der Waals surface area contributed by atoms with Crippen LogP contribution in [0.2, 0.25) is 0 Å². The molecule has 1 fully saturated rings. The van der Waals surface area contributed by atoms with E-state index in [1.807, 2.05) is 20.2 Å². The molecule has 1 aromatic heterocycles. The van der Waals surface area contributed by atoms with Gasteiger partial charge in [-0.2, -0.15) is 5.10 Å². The number of amides is 1. The normalized spacial score (nSPS) is 23.3. The van der Waals surface area contributed by atoms with Gasteiger partial charge >= 0.3 is 0 Å². The van der Waals surface area contributed by atoms with Gasteiger partial charge in [0.1, 0.15) is 0 Å². The number of carbonyl (C=O) groups is 1. The third-order valence-electron chi connectivity index (χ3n) is 3.31. The van der Waals surface area contributed by atoms with Crippen LogP contribution in [0.5, 0.6) is 0 Å². The molecule has 0 aliphatic carbocycles. The number of rotatable bonds is 4. The van der Waals surface area contributed by atoms with Crippen molar-refractivity contribution < 1.29 is 9.53 Å². The molecular formula is C12H20N4O2. The third-order valence-corrected chi connectivity index (χ3v) is 3.31. The average Bonchev–Trinajstić information content (AvgIpc) is 2.95. The number of hydrogen-bond donors (Lipinski definition) is 2. The van der Waals surface area contributed by atoms with Gasteiger partial charge in [0.2, 0.25) is 5.91 Å². The lowest BCUT2D eigenvalue weighted by atomic mass is 9.99. The summed E-state index contributed by atoms with van der Waals surface area (Å²) in [5.41, 5.74) is 6.46. The maximum atomic E-state index is 12.2. The highest BCUT2D eigenvalue weighted by Gasteiger charge is 2.33. The molecule has 1 aromatic rings. The van der Waals surface area contributed by atoms with Crippen molar-refractivity contribution in [1.29, 1.82) is 0 Å². The van der Waals surface area contributed by atoms with Crippen LogP contribution < -0.4 is 11.1 Å². The number of nitrogens with zero attached hydrogens (tertiary/aromatic N) is 2. The van der Waals surface area contributed by atoms with E-state index in [0.29, 0.717) is 19.0 Å². The van der Waals surface area contributed by atoms with Crippen molar-refractivity contribution in [3.05, 3.63) is 11.8 Å². The van der Waals surface area contributed by atoms with Gasteiger partial charge in [-0.1, -0.05) is 6.92 Å². The second-order valence-electron chi connectivity index (χ2n) is 4.58. The molecule has 2 unspecified atom stereocenters. The molecule has 0 bridgehead atoms. The van der Waals surface area contributed by atoms with Gasteiger partial charge in [-0.25, -0.2) is 0 Å². The van der Waals surface area contributed by atoms with Crippen molar-refractivity contribution in [2.24, 2.45) is 18.7 Å². The van der Waals surface area contributed by atoms with Gasteiger partial charge in [-0.15, -0.1) is 0 Å². The molecule has 3 N–H and O–H groups in total. The maximum Gasteiger partial charge on any atom is 0.231 e. The van der Waals surface area contributed by atoms with Crippen LogP contribution in [0.4, 0.5) is 5.82 Å². The molecule has 0 saturated carbocycles. The van der Waals surface area contributed by atoms with Crippen LogP contribution in [-0.2, 0) is 23.1 Å². The predicted molar refractivity (Wildman–Crippen MR) is 67.9 cm³/mol. The van der Waals surface area contributed by atoms with E-state index in [4.69, 9.17) is 10.5 Å². The molecule has 6 heteroatoms. The van der Waals surface area contributed by atoms with Gasteiger partial charge in [0, 0.05) is 32.0 Å². The van der Waals surface area contributed by atoms with Gasteiger partial charge in [0.25, 0.3) is 0 Å². The molecule has 0 spiro atoms. The first-order chi connectivity index (χ1) is 8.65. The summed E-state index contributed by atoms with van der Waals surface area (Å²) in [6.07, 6.45) is 3.46. The minimum atomic E-state index is -0.0809. The Kier molecular flexibility index (Phi) is 3.98. The Labute approximate surface area is 106 Å². The lowest BCUT2D eigenvalue weighted by Gasteiger charge is -2.15. The molecule has 6 nitrogen and oxygen atoms in total. The molecule has 2 rings (SSSR count). The van der Waals surface area contributed by atoms with Crippen molar-refractivity contribution in [3.8, 4) is 0 Å². The molecule has 1 aliphatic heterocycles. The summed E-state index contributed by atoms with van der Waals surface area (Å²) in [5, 5.41) is 7.07. The number of nitrogens with one attached hydrogen (secondary N) is 1. The lowest BCUT2D eigenvalue weighted by molar-refractivity contribution is -0.121. The van der Waals surface area contributed by atoms with Crippen LogP contribution in [0.15, 0.2) is 6.20 Å². The van der Waals surface area contributed by atoms with E-state index in [-0.39, 0.29) is 17.9 Å². The highest BCUT2D eigenvalue weighted by molar-refractivity contribution is 5.92. The second kappa shape index (κ2) is 5.49. The number of carbonyl (C=O) groups excluding carboxylic acids is 1. The molecule has 2 atom stereocenters. The van der Waals surface area contributed by atoms with E-state index in [1.54, 1.807) is 4.68 Å². The van der Waals surface area contributed by atoms with Gasteiger partial charge < -0.3 is 15.8 Å². The zero-order chi connectivity index (χ0) is 13.1. The molecule has 100 valence electrons. The molecule has 1 amide bonds. The van der Waals surface area contributed by atoms with E-state index < -0.39 is 0 Å². The first kappa shape index (κ1) is 13.0. The smallest absolute Gasteiger partial charge is 0.231 e. The van der Waals surface area contributed by atoms with Crippen molar-refractivity contribution >= 4 is 11.7 Å². The topological polar surface area (TPSA) is 82.2 Å².